The van der Waals surface area contributed by atoms with Gasteiger partial charge in [-0.1, -0.05) is 22.0 Å². The van der Waals surface area contributed by atoms with Crippen molar-refractivity contribution in [2.75, 3.05) is 20.8 Å². The molecule has 3 rings (SSSR count). The molecule has 0 spiro atoms. The van der Waals surface area contributed by atoms with E-state index in [1.165, 1.54) is 14.2 Å². The van der Waals surface area contributed by atoms with Crippen molar-refractivity contribution in [3.05, 3.63) is 34.6 Å². The number of hydrogen-bond acceptors (Lipinski definition) is 6. The Balaban J connectivity index is 0.00000300. The second kappa shape index (κ2) is 15.4. The number of aliphatic hydroxyl groups excluding tert-OH is 2. The summed E-state index contributed by atoms with van der Waals surface area (Å²) < 4.78 is 24.1. The summed E-state index contributed by atoms with van der Waals surface area (Å²) in [6.07, 6.45) is -1.36. The minimum absolute atomic E-state index is 0. The first-order valence-electron chi connectivity index (χ1n) is 9.01. The molecule has 2 aromatic rings. The van der Waals surface area contributed by atoms with Crippen molar-refractivity contribution in [3.8, 4) is 5.75 Å². The number of hydrogen-bond donors (Lipinski definition) is 3. The Hall–Kier alpha value is 3.12. The molecule has 31 heavy (non-hydrogen) atoms. The summed E-state index contributed by atoms with van der Waals surface area (Å²) in [7, 11) is 2.94. The summed E-state index contributed by atoms with van der Waals surface area (Å²) in [5.74, 6) is -0.515. The van der Waals surface area contributed by atoms with Gasteiger partial charge in [0.1, 0.15) is 18.0 Å². The van der Waals surface area contributed by atoms with Crippen LogP contribution in [-0.2, 0) is 14.2 Å². The molecule has 2 heterocycles. The second-order valence-electron chi connectivity index (χ2n) is 7.12. The maximum Gasteiger partial charge on any atom is 0.210 e. The molecule has 12 heteroatoms. The fourth-order valence-electron chi connectivity index (χ4n) is 3.68. The van der Waals surface area contributed by atoms with Gasteiger partial charge in [0, 0.05) is 187 Å². The van der Waals surface area contributed by atoms with Crippen LogP contribution in [0.5, 0.6) is 5.75 Å². The Morgan fingerprint density at radius 3 is 2.58 bits per heavy atom. The predicted molar refractivity (Wildman–Crippen MR) is 107 cm³/mol. The van der Waals surface area contributed by atoms with Crippen LogP contribution in [0.1, 0.15) is 13.3 Å². The van der Waals surface area contributed by atoms with Crippen molar-refractivity contribution < 1.29 is 161 Å². The van der Waals surface area contributed by atoms with Crippen molar-refractivity contribution in [3.63, 3.8) is 0 Å². The molecule has 8 nitrogen and oxygen atoms in total. The molecular formula is C19H26Ac3BrN2O6-. The number of rotatable bonds is 7. The zero-order valence-corrected chi connectivity index (χ0v) is 33.6. The normalized spacial score (nSPS) is 27.4. The van der Waals surface area contributed by atoms with Gasteiger partial charge in [-0.2, -0.15) is 0 Å². The molecule has 0 bridgehead atoms. The van der Waals surface area contributed by atoms with Crippen LogP contribution in [0.4, 0.5) is 0 Å². The molecule has 165 valence electrons. The van der Waals surface area contributed by atoms with Crippen molar-refractivity contribution in [1.82, 2.24) is 4.98 Å². The number of aliphatic hydroxyl groups is 2. The number of aromatic nitrogens is 1. The smallest absolute Gasteiger partial charge is 0.210 e. The Morgan fingerprint density at radius 2 is 2.00 bits per heavy atom. The van der Waals surface area contributed by atoms with E-state index in [0.29, 0.717) is 12.2 Å². The first kappa shape index (κ1) is 34.1. The fourth-order valence-corrected chi connectivity index (χ4v) is 4.04. The summed E-state index contributed by atoms with van der Waals surface area (Å²) in [5, 5.41) is 20.3. The predicted octanol–water partition coefficient (Wildman–Crippen LogP) is 2.62. The molecule has 1 saturated heterocycles. The number of fused-ring (bicyclic) bond motifs is 1. The summed E-state index contributed by atoms with van der Waals surface area (Å²) in [4.78, 5) is 3.16. The molecule has 1 aromatic carbocycles. The third kappa shape index (κ3) is 8.31. The van der Waals surface area contributed by atoms with Gasteiger partial charge in [-0.05, 0) is 18.2 Å². The van der Waals surface area contributed by atoms with E-state index in [2.05, 4.69) is 20.9 Å². The number of benzene rings is 1. The molecule has 1 aromatic heterocycles. The van der Waals surface area contributed by atoms with Crippen molar-refractivity contribution in [2.24, 2.45) is 0 Å². The van der Waals surface area contributed by atoms with E-state index in [9.17, 15) is 10.2 Å². The van der Waals surface area contributed by atoms with Gasteiger partial charge in [0.25, 0.3) is 0 Å². The average Bonchev–Trinajstić information content (AvgIpc) is 3.06. The van der Waals surface area contributed by atoms with Crippen molar-refractivity contribution >= 4 is 26.8 Å². The molecule has 0 aliphatic carbocycles. The summed E-state index contributed by atoms with van der Waals surface area (Å²) in [6.45, 7) is 1.27. The summed E-state index contributed by atoms with van der Waals surface area (Å²) in [5.41, 5.74) is 9.40. The zero-order valence-electron chi connectivity index (χ0n) is 17.7. The van der Waals surface area contributed by atoms with Gasteiger partial charge >= 0.3 is 0 Å². The second-order valence-corrected chi connectivity index (χ2v) is 8.03. The maximum absolute atomic E-state index is 10.1. The van der Waals surface area contributed by atoms with Gasteiger partial charge in [-0.3, -0.25) is 0 Å². The number of ether oxygens (including phenoxy) is 4. The van der Waals surface area contributed by atoms with Crippen molar-refractivity contribution in [1.29, 1.82) is 0 Å². The summed E-state index contributed by atoms with van der Waals surface area (Å²) >= 11 is 3.47. The van der Waals surface area contributed by atoms with Crippen LogP contribution in [0.25, 0.3) is 16.6 Å². The van der Waals surface area contributed by atoms with Gasteiger partial charge < -0.3 is 39.9 Å². The first-order chi connectivity index (χ1) is 13.3. The molecule has 0 saturated carbocycles. The number of halogens is 1. The standard InChI is InChI=1S/C19H26BrN2O6.3Ac/c1-19(27-15-8-22-12-5-4-10(20)6-11(12)15)7-14(25-2)16(21)18(28-19)17(26-3)13(24)9-23;;;/h4-6,8,13-14,16-18,21-24H,7,9H2,1-3H3;;;/q-1;;;. The van der Waals surface area contributed by atoms with Crippen molar-refractivity contribution in [2.45, 2.75) is 49.6 Å². The fraction of sp³-hybridized carbons (Fsp3) is 0.579. The Bertz CT molecular complexity index is 816. The Kier molecular flexibility index (Phi) is 16.9. The maximum atomic E-state index is 10.1. The Labute approximate surface area is 298 Å². The molecule has 6 atom stereocenters. The van der Waals surface area contributed by atoms with Gasteiger partial charge in [0.15, 0.2) is 0 Å². The van der Waals surface area contributed by atoms with E-state index in [-0.39, 0.29) is 132 Å². The average molecular weight is 1140 g/mol. The minimum Gasteiger partial charge on any atom is -0.670 e. The largest absolute Gasteiger partial charge is 0.670 e. The first-order valence-corrected chi connectivity index (χ1v) is 9.80. The van der Waals surface area contributed by atoms with Crippen LogP contribution in [0.2, 0.25) is 0 Å². The van der Waals surface area contributed by atoms with Gasteiger partial charge in [-0.15, -0.1) is 0 Å². The molecule has 1 aliphatic rings. The van der Waals surface area contributed by atoms with E-state index in [4.69, 9.17) is 24.7 Å². The van der Waals surface area contributed by atoms with Gasteiger partial charge in [0.05, 0.1) is 12.7 Å². The topological polar surface area (TPSA) is 117 Å². The van der Waals surface area contributed by atoms with Crippen LogP contribution in [0, 0.1) is 132 Å². The van der Waals surface area contributed by atoms with E-state index in [1.54, 1.807) is 13.1 Å². The SMILES string of the molecule is COC1CC(C)(Oc2c[nH]c3ccc(Br)cc23)OC(C(OC)C(O)CO)C1[NH-].[Ac].[Ac].[Ac]. The zero-order chi connectivity index (χ0) is 20.5. The van der Waals surface area contributed by atoms with Crippen LogP contribution >= 0.6 is 15.9 Å². The van der Waals surface area contributed by atoms with E-state index in [1.807, 2.05) is 18.2 Å². The van der Waals surface area contributed by atoms with Crippen LogP contribution in [0.3, 0.4) is 0 Å². The van der Waals surface area contributed by atoms with Crippen LogP contribution in [-0.4, -0.2) is 72.3 Å². The number of aromatic amines is 1. The molecule has 0 amide bonds. The monoisotopic (exact) mass is 1140 g/mol. The van der Waals surface area contributed by atoms with E-state index >= 15 is 0 Å². The molecule has 1 aliphatic heterocycles. The van der Waals surface area contributed by atoms with E-state index in [0.717, 1.165) is 15.4 Å². The minimum atomic E-state index is -1.19. The van der Waals surface area contributed by atoms with Gasteiger partial charge in [-0.25, -0.2) is 0 Å². The molecule has 6 unspecified atom stereocenters. The van der Waals surface area contributed by atoms with E-state index < -0.39 is 42.9 Å². The number of methoxy groups -OCH3 is 2. The van der Waals surface area contributed by atoms with Crippen LogP contribution in [0.15, 0.2) is 28.9 Å². The quantitative estimate of drug-likeness (QED) is 0.393. The van der Waals surface area contributed by atoms with Gasteiger partial charge in [0.2, 0.25) is 5.79 Å². The molecular weight excluding hydrogens is 1110 g/mol. The number of H-pyrrole nitrogens is 1. The third-order valence-electron chi connectivity index (χ3n) is 5.11. The molecule has 3 radical (unpaired) electrons. The Morgan fingerprint density at radius 1 is 1.32 bits per heavy atom. The molecule has 1 fully saturated rings. The third-order valence-corrected chi connectivity index (χ3v) is 5.60. The summed E-state index contributed by atoms with van der Waals surface area (Å²) in [6, 6.07) is 5.00. The molecule has 4 N–H and O–H groups in total. The number of nitrogens with one attached hydrogen (secondary N) is 2. The van der Waals surface area contributed by atoms with Crippen LogP contribution < -0.4 is 4.74 Å².